The van der Waals surface area contributed by atoms with Gasteiger partial charge in [-0.05, 0) is 50.3 Å². The molecule has 0 aromatic carbocycles. The lowest BCUT2D eigenvalue weighted by molar-refractivity contribution is 0.288. The summed E-state index contributed by atoms with van der Waals surface area (Å²) >= 11 is 1.81. The molecular formula is C19H27IN4OS. The number of thiophene rings is 1. The normalized spacial score (nSPS) is 13.8. The lowest BCUT2D eigenvalue weighted by Gasteiger charge is -2.10. The highest BCUT2D eigenvalue weighted by atomic mass is 127. The lowest BCUT2D eigenvalue weighted by atomic mass is 10.3. The van der Waals surface area contributed by atoms with Gasteiger partial charge in [0.25, 0.3) is 0 Å². The van der Waals surface area contributed by atoms with Crippen molar-refractivity contribution in [3.8, 4) is 5.88 Å². The van der Waals surface area contributed by atoms with E-state index in [0.29, 0.717) is 12.4 Å². The summed E-state index contributed by atoms with van der Waals surface area (Å²) in [6.45, 7) is 7.20. The molecule has 0 aliphatic heterocycles. The van der Waals surface area contributed by atoms with Gasteiger partial charge >= 0.3 is 0 Å². The molecule has 0 bridgehead atoms. The number of rotatable bonds is 8. The number of aliphatic imine (C=N–C) groups is 1. The van der Waals surface area contributed by atoms with Gasteiger partial charge in [0.15, 0.2) is 5.96 Å². The molecule has 26 heavy (non-hydrogen) atoms. The number of halogens is 1. The SMILES string of the molecule is CCNC(=NCc1ccc(OCC2CC2)nc1)NCc1ccc(C)s1.I. The summed E-state index contributed by atoms with van der Waals surface area (Å²) in [7, 11) is 0. The molecule has 2 aromatic rings. The molecule has 0 amide bonds. The van der Waals surface area contributed by atoms with E-state index in [9.17, 15) is 0 Å². The van der Waals surface area contributed by atoms with E-state index in [1.165, 1.54) is 22.6 Å². The Balaban J connectivity index is 0.00000243. The van der Waals surface area contributed by atoms with Gasteiger partial charge in [-0.25, -0.2) is 9.98 Å². The van der Waals surface area contributed by atoms with Crippen LogP contribution in [0, 0.1) is 12.8 Å². The van der Waals surface area contributed by atoms with Crippen molar-refractivity contribution in [2.75, 3.05) is 13.2 Å². The number of nitrogens with zero attached hydrogens (tertiary/aromatic N) is 2. The molecule has 0 unspecified atom stereocenters. The molecule has 1 aliphatic rings. The van der Waals surface area contributed by atoms with E-state index in [2.05, 4.69) is 46.6 Å². The second-order valence-electron chi connectivity index (χ2n) is 6.32. The summed E-state index contributed by atoms with van der Waals surface area (Å²) < 4.78 is 5.67. The Hall–Kier alpha value is -1.35. The van der Waals surface area contributed by atoms with Crippen LogP contribution in [0.3, 0.4) is 0 Å². The van der Waals surface area contributed by atoms with Crippen LogP contribution < -0.4 is 15.4 Å². The van der Waals surface area contributed by atoms with Gasteiger partial charge in [-0.2, -0.15) is 0 Å². The van der Waals surface area contributed by atoms with Crippen molar-refractivity contribution in [1.29, 1.82) is 0 Å². The number of hydrogen-bond acceptors (Lipinski definition) is 4. The second kappa shape index (κ2) is 10.7. The molecule has 2 N–H and O–H groups in total. The van der Waals surface area contributed by atoms with Gasteiger partial charge in [-0.3, -0.25) is 0 Å². The molecule has 0 saturated heterocycles. The fraction of sp³-hybridized carbons (Fsp3) is 0.474. The highest BCUT2D eigenvalue weighted by molar-refractivity contribution is 14.0. The Morgan fingerprint density at radius 1 is 1.27 bits per heavy atom. The minimum atomic E-state index is 0. The van der Waals surface area contributed by atoms with Crippen LogP contribution in [0.4, 0.5) is 0 Å². The Morgan fingerprint density at radius 3 is 2.73 bits per heavy atom. The first-order chi connectivity index (χ1) is 12.2. The van der Waals surface area contributed by atoms with E-state index in [-0.39, 0.29) is 24.0 Å². The zero-order chi connectivity index (χ0) is 17.5. The third-order valence-corrected chi connectivity index (χ3v) is 4.95. The summed E-state index contributed by atoms with van der Waals surface area (Å²) in [6, 6.07) is 8.26. The number of ether oxygens (including phenoxy) is 1. The van der Waals surface area contributed by atoms with Crippen molar-refractivity contribution in [3.05, 3.63) is 45.8 Å². The number of hydrogen-bond donors (Lipinski definition) is 2. The van der Waals surface area contributed by atoms with Crippen molar-refractivity contribution in [2.24, 2.45) is 10.9 Å². The van der Waals surface area contributed by atoms with Crippen molar-refractivity contribution in [1.82, 2.24) is 15.6 Å². The zero-order valence-electron chi connectivity index (χ0n) is 15.3. The number of aromatic nitrogens is 1. The Bertz CT molecular complexity index is 698. The van der Waals surface area contributed by atoms with Crippen LogP contribution in [0.1, 0.15) is 35.1 Å². The highest BCUT2D eigenvalue weighted by Crippen LogP contribution is 2.29. The molecule has 1 saturated carbocycles. The molecule has 0 spiro atoms. The maximum atomic E-state index is 5.67. The van der Waals surface area contributed by atoms with Gasteiger partial charge in [0.2, 0.25) is 5.88 Å². The van der Waals surface area contributed by atoms with Gasteiger partial charge in [-0.1, -0.05) is 6.07 Å². The highest BCUT2D eigenvalue weighted by Gasteiger charge is 2.21. The van der Waals surface area contributed by atoms with Gasteiger partial charge in [-0.15, -0.1) is 35.3 Å². The van der Waals surface area contributed by atoms with Crippen molar-refractivity contribution >= 4 is 41.3 Å². The molecule has 7 heteroatoms. The Morgan fingerprint density at radius 2 is 2.12 bits per heavy atom. The monoisotopic (exact) mass is 486 g/mol. The third kappa shape index (κ3) is 7.11. The summed E-state index contributed by atoms with van der Waals surface area (Å²) in [5.41, 5.74) is 1.07. The second-order valence-corrected chi connectivity index (χ2v) is 7.69. The molecule has 0 radical (unpaired) electrons. The molecule has 1 aliphatic carbocycles. The van der Waals surface area contributed by atoms with E-state index in [1.807, 2.05) is 18.3 Å². The minimum absolute atomic E-state index is 0. The summed E-state index contributed by atoms with van der Waals surface area (Å²) in [4.78, 5) is 11.6. The smallest absolute Gasteiger partial charge is 0.213 e. The quantitative estimate of drug-likeness (QED) is 0.335. The van der Waals surface area contributed by atoms with Gasteiger partial charge in [0.05, 0.1) is 19.7 Å². The van der Waals surface area contributed by atoms with E-state index >= 15 is 0 Å². The molecule has 2 aromatic heterocycles. The standard InChI is InChI=1S/C19H26N4OS.HI/c1-3-20-19(23-12-17-8-4-14(2)25-17)22-11-16-7-9-18(21-10-16)24-13-15-5-6-15;/h4,7-10,15H,3,5-6,11-13H2,1-2H3,(H2,20,22,23);1H. The Labute approximate surface area is 176 Å². The number of guanidine groups is 1. The average Bonchev–Trinajstić information content (AvgIpc) is 3.37. The predicted molar refractivity (Wildman–Crippen MR) is 119 cm³/mol. The molecule has 3 rings (SSSR count). The molecule has 0 atom stereocenters. The number of aryl methyl sites for hydroxylation is 1. The summed E-state index contributed by atoms with van der Waals surface area (Å²) in [5, 5.41) is 6.66. The fourth-order valence-corrected chi connectivity index (χ4v) is 3.17. The number of pyridine rings is 1. The van der Waals surface area contributed by atoms with Crippen LogP contribution in [0.2, 0.25) is 0 Å². The molecular weight excluding hydrogens is 459 g/mol. The van der Waals surface area contributed by atoms with Crippen LogP contribution in [-0.4, -0.2) is 24.1 Å². The van der Waals surface area contributed by atoms with Crippen molar-refractivity contribution in [3.63, 3.8) is 0 Å². The average molecular weight is 486 g/mol. The first-order valence-corrected chi connectivity index (χ1v) is 9.70. The maximum Gasteiger partial charge on any atom is 0.213 e. The van der Waals surface area contributed by atoms with Gasteiger partial charge in [0.1, 0.15) is 0 Å². The van der Waals surface area contributed by atoms with Crippen LogP contribution in [0.25, 0.3) is 0 Å². The van der Waals surface area contributed by atoms with E-state index in [0.717, 1.165) is 37.1 Å². The first-order valence-electron chi connectivity index (χ1n) is 8.88. The van der Waals surface area contributed by atoms with Crippen molar-refractivity contribution in [2.45, 2.75) is 39.8 Å². The largest absolute Gasteiger partial charge is 0.477 e. The zero-order valence-corrected chi connectivity index (χ0v) is 18.5. The molecule has 5 nitrogen and oxygen atoms in total. The summed E-state index contributed by atoms with van der Waals surface area (Å²) in [6.07, 6.45) is 4.42. The third-order valence-electron chi connectivity index (χ3n) is 3.95. The maximum absolute atomic E-state index is 5.67. The van der Waals surface area contributed by atoms with Gasteiger partial charge in [0, 0.05) is 28.6 Å². The van der Waals surface area contributed by atoms with E-state index < -0.39 is 0 Å². The Kier molecular flexibility index (Phi) is 8.64. The summed E-state index contributed by atoms with van der Waals surface area (Å²) in [5.74, 6) is 2.27. The van der Waals surface area contributed by atoms with Crippen molar-refractivity contribution < 1.29 is 4.74 Å². The predicted octanol–water partition coefficient (Wildman–Crippen LogP) is 4.11. The van der Waals surface area contributed by atoms with Gasteiger partial charge < -0.3 is 15.4 Å². The topological polar surface area (TPSA) is 58.5 Å². The van der Waals surface area contributed by atoms with E-state index in [1.54, 1.807) is 11.3 Å². The first kappa shape index (κ1) is 21.0. The van der Waals surface area contributed by atoms with E-state index in [4.69, 9.17) is 4.74 Å². The molecule has 1 fully saturated rings. The minimum Gasteiger partial charge on any atom is -0.477 e. The van der Waals surface area contributed by atoms with Crippen LogP contribution in [0.15, 0.2) is 35.5 Å². The van der Waals surface area contributed by atoms with Crippen LogP contribution in [0.5, 0.6) is 5.88 Å². The van der Waals surface area contributed by atoms with Crippen LogP contribution >= 0.6 is 35.3 Å². The fourth-order valence-electron chi connectivity index (χ4n) is 2.34. The lowest BCUT2D eigenvalue weighted by Crippen LogP contribution is -2.36. The van der Waals surface area contributed by atoms with Crippen LogP contribution in [-0.2, 0) is 13.1 Å². The number of nitrogens with one attached hydrogen (secondary N) is 2. The molecule has 142 valence electrons. The molecule has 2 heterocycles.